The standard InChI is InChI=1S/C4H11NO4S/c1-3-4(5,6)9-10(2,7)8/h6H,3,5H2,1-2H3. The fraction of sp³-hybridized carbons (Fsp3) is 1.00. The van der Waals surface area contributed by atoms with Crippen LogP contribution in [0.3, 0.4) is 0 Å². The maximum absolute atomic E-state index is 10.3. The maximum Gasteiger partial charge on any atom is 0.268 e. The lowest BCUT2D eigenvalue weighted by Crippen LogP contribution is -2.43. The molecule has 3 N–H and O–H groups in total. The summed E-state index contributed by atoms with van der Waals surface area (Å²) in [7, 11) is -3.67. The van der Waals surface area contributed by atoms with E-state index in [2.05, 4.69) is 4.18 Å². The minimum Gasteiger partial charge on any atom is -0.353 e. The second-order valence-electron chi connectivity index (χ2n) is 1.99. The highest BCUT2D eigenvalue weighted by Gasteiger charge is 2.24. The summed E-state index contributed by atoms with van der Waals surface area (Å²) in [6.07, 6.45) is 0.834. The van der Waals surface area contributed by atoms with Gasteiger partial charge in [0.2, 0.25) is 5.91 Å². The Balaban J connectivity index is 4.16. The molecule has 62 valence electrons. The lowest BCUT2D eigenvalue weighted by Gasteiger charge is -2.18. The summed E-state index contributed by atoms with van der Waals surface area (Å²) in [4.78, 5) is 0. The third-order valence-corrected chi connectivity index (χ3v) is 1.39. The van der Waals surface area contributed by atoms with Gasteiger partial charge in [0.1, 0.15) is 0 Å². The van der Waals surface area contributed by atoms with Gasteiger partial charge in [-0.3, -0.25) is 5.73 Å². The summed E-state index contributed by atoms with van der Waals surface area (Å²) in [5.41, 5.74) is 4.96. The Bertz CT molecular complexity index is 195. The zero-order valence-corrected chi connectivity index (χ0v) is 6.68. The Hall–Kier alpha value is -0.170. The highest BCUT2D eigenvalue weighted by molar-refractivity contribution is 7.86. The SMILES string of the molecule is CCC(N)(O)OS(C)(=O)=O. The minimum absolute atomic E-state index is 0.0140. The van der Waals surface area contributed by atoms with Crippen LogP contribution < -0.4 is 5.73 Å². The molecule has 0 amide bonds. The third kappa shape index (κ3) is 4.68. The fourth-order valence-electron chi connectivity index (χ4n) is 0.321. The van der Waals surface area contributed by atoms with Gasteiger partial charge in [0, 0.05) is 6.42 Å². The van der Waals surface area contributed by atoms with Gasteiger partial charge in [0.05, 0.1) is 6.26 Å². The molecule has 0 aromatic rings. The van der Waals surface area contributed by atoms with E-state index in [1.54, 1.807) is 0 Å². The molecule has 10 heavy (non-hydrogen) atoms. The smallest absolute Gasteiger partial charge is 0.268 e. The molecular weight excluding hydrogens is 158 g/mol. The monoisotopic (exact) mass is 169 g/mol. The van der Waals surface area contributed by atoms with E-state index in [0.29, 0.717) is 0 Å². The molecule has 0 aromatic carbocycles. The molecule has 0 spiro atoms. The molecule has 0 saturated carbocycles. The molecule has 0 heterocycles. The van der Waals surface area contributed by atoms with Crippen molar-refractivity contribution in [1.29, 1.82) is 0 Å². The Labute approximate surface area is 59.9 Å². The molecule has 0 bridgehead atoms. The lowest BCUT2D eigenvalue weighted by atomic mass is 10.4. The summed E-state index contributed by atoms with van der Waals surface area (Å²) in [5.74, 6) is -2.06. The van der Waals surface area contributed by atoms with Gasteiger partial charge in [-0.05, 0) is 0 Å². The van der Waals surface area contributed by atoms with Crippen molar-refractivity contribution in [3.05, 3.63) is 0 Å². The van der Waals surface area contributed by atoms with Crippen LogP contribution in [-0.4, -0.2) is 25.7 Å². The number of nitrogens with two attached hydrogens (primary N) is 1. The highest BCUT2D eigenvalue weighted by Crippen LogP contribution is 2.06. The molecule has 6 heteroatoms. The number of hydrogen-bond acceptors (Lipinski definition) is 5. The zero-order valence-electron chi connectivity index (χ0n) is 5.86. The fourth-order valence-corrected chi connectivity index (χ4v) is 0.963. The first-order valence-corrected chi connectivity index (χ1v) is 4.50. The maximum atomic E-state index is 10.3. The molecular formula is C4H11NO4S. The summed E-state index contributed by atoms with van der Waals surface area (Å²) >= 11 is 0. The van der Waals surface area contributed by atoms with E-state index in [4.69, 9.17) is 10.8 Å². The van der Waals surface area contributed by atoms with E-state index in [0.717, 1.165) is 6.26 Å². The van der Waals surface area contributed by atoms with Gasteiger partial charge in [0.25, 0.3) is 10.1 Å². The molecule has 1 atom stereocenters. The van der Waals surface area contributed by atoms with Crippen LogP contribution in [0.15, 0.2) is 0 Å². The van der Waals surface area contributed by atoms with E-state index in [-0.39, 0.29) is 6.42 Å². The van der Waals surface area contributed by atoms with Crippen molar-refractivity contribution in [2.24, 2.45) is 5.73 Å². The van der Waals surface area contributed by atoms with Crippen molar-refractivity contribution < 1.29 is 17.7 Å². The van der Waals surface area contributed by atoms with Crippen molar-refractivity contribution in [2.45, 2.75) is 19.3 Å². The van der Waals surface area contributed by atoms with Crippen LogP contribution in [0.4, 0.5) is 0 Å². The number of aliphatic hydroxyl groups is 1. The molecule has 0 aliphatic rings. The number of rotatable bonds is 3. The summed E-state index contributed by atoms with van der Waals surface area (Å²) < 4.78 is 24.8. The van der Waals surface area contributed by atoms with Crippen LogP contribution in [0.5, 0.6) is 0 Å². The normalized spacial score (nSPS) is 18.4. The van der Waals surface area contributed by atoms with E-state index >= 15 is 0 Å². The van der Waals surface area contributed by atoms with Crippen LogP contribution in [-0.2, 0) is 14.3 Å². The van der Waals surface area contributed by atoms with Crippen molar-refractivity contribution in [2.75, 3.05) is 6.26 Å². The van der Waals surface area contributed by atoms with Crippen LogP contribution in [0, 0.1) is 0 Å². The Kier molecular flexibility index (Phi) is 2.78. The zero-order chi connectivity index (χ0) is 8.41. The van der Waals surface area contributed by atoms with Crippen molar-refractivity contribution >= 4 is 10.1 Å². The van der Waals surface area contributed by atoms with Gasteiger partial charge >= 0.3 is 0 Å². The molecule has 0 saturated heterocycles. The quantitative estimate of drug-likeness (QED) is 0.417. The topological polar surface area (TPSA) is 89.6 Å². The average Bonchev–Trinajstić information content (AvgIpc) is 1.60. The first kappa shape index (κ1) is 9.83. The van der Waals surface area contributed by atoms with Gasteiger partial charge in [-0.15, -0.1) is 0 Å². The largest absolute Gasteiger partial charge is 0.353 e. The van der Waals surface area contributed by atoms with Gasteiger partial charge < -0.3 is 5.11 Å². The second-order valence-corrected chi connectivity index (χ2v) is 3.56. The molecule has 0 aromatic heterocycles. The van der Waals surface area contributed by atoms with E-state index in [1.807, 2.05) is 0 Å². The van der Waals surface area contributed by atoms with E-state index in [1.165, 1.54) is 6.92 Å². The predicted octanol–water partition coefficient (Wildman–Crippen LogP) is -1.02. The average molecular weight is 169 g/mol. The van der Waals surface area contributed by atoms with Crippen LogP contribution >= 0.6 is 0 Å². The first-order chi connectivity index (χ1) is 4.27. The van der Waals surface area contributed by atoms with E-state index < -0.39 is 16.0 Å². The number of hydrogen-bond donors (Lipinski definition) is 2. The summed E-state index contributed by atoms with van der Waals surface area (Å²) in [6.45, 7) is 1.51. The van der Waals surface area contributed by atoms with Gasteiger partial charge in [0.15, 0.2) is 0 Å². The van der Waals surface area contributed by atoms with Crippen LogP contribution in [0.2, 0.25) is 0 Å². The predicted molar refractivity (Wildman–Crippen MR) is 35.4 cm³/mol. The molecule has 0 aliphatic heterocycles. The highest BCUT2D eigenvalue weighted by atomic mass is 32.2. The summed E-state index contributed by atoms with van der Waals surface area (Å²) in [5, 5.41) is 8.84. The van der Waals surface area contributed by atoms with E-state index in [9.17, 15) is 8.42 Å². The van der Waals surface area contributed by atoms with Gasteiger partial charge in [-0.2, -0.15) is 8.42 Å². The van der Waals surface area contributed by atoms with Crippen molar-refractivity contribution in [1.82, 2.24) is 0 Å². The molecule has 1 unspecified atom stereocenters. The van der Waals surface area contributed by atoms with Crippen molar-refractivity contribution in [3.8, 4) is 0 Å². The Morgan fingerprint density at radius 2 is 2.10 bits per heavy atom. The molecule has 5 nitrogen and oxygen atoms in total. The molecule has 0 rings (SSSR count). The minimum atomic E-state index is -3.67. The Morgan fingerprint density at radius 1 is 1.70 bits per heavy atom. The summed E-state index contributed by atoms with van der Waals surface area (Å²) in [6, 6.07) is 0. The first-order valence-electron chi connectivity index (χ1n) is 2.69. The lowest BCUT2D eigenvalue weighted by molar-refractivity contribution is -0.129. The van der Waals surface area contributed by atoms with Crippen LogP contribution in [0.1, 0.15) is 13.3 Å². The molecule has 0 fully saturated rings. The van der Waals surface area contributed by atoms with Gasteiger partial charge in [-0.1, -0.05) is 6.92 Å². The third-order valence-electron chi connectivity index (χ3n) is 0.802. The Morgan fingerprint density at radius 3 is 2.20 bits per heavy atom. The van der Waals surface area contributed by atoms with Crippen molar-refractivity contribution in [3.63, 3.8) is 0 Å². The molecule has 0 aliphatic carbocycles. The molecule has 0 radical (unpaired) electrons. The van der Waals surface area contributed by atoms with Crippen LogP contribution in [0.25, 0.3) is 0 Å². The van der Waals surface area contributed by atoms with Gasteiger partial charge in [-0.25, -0.2) is 4.18 Å². The second kappa shape index (κ2) is 2.83.